The third-order valence-corrected chi connectivity index (χ3v) is 3.42. The molecule has 25 heavy (non-hydrogen) atoms. The van der Waals surface area contributed by atoms with Crippen LogP contribution < -0.4 is 15.8 Å². The largest absolute Gasteiger partial charge is 0.426 e. The predicted octanol–water partition coefficient (Wildman–Crippen LogP) is 2.15. The molecule has 1 aromatic heterocycles. The maximum absolute atomic E-state index is 12.3. The van der Waals surface area contributed by atoms with Gasteiger partial charge in [-0.3, -0.25) is 14.9 Å². The van der Waals surface area contributed by atoms with Crippen molar-refractivity contribution in [2.24, 2.45) is 5.73 Å². The lowest BCUT2D eigenvalue weighted by molar-refractivity contribution is -0.134. The fraction of sp³-hybridized carbons (Fsp3) is 0.286. The van der Waals surface area contributed by atoms with Gasteiger partial charge in [-0.2, -0.15) is 17.5 Å². The minimum Gasteiger partial charge on any atom is -0.426 e. The van der Waals surface area contributed by atoms with E-state index in [2.05, 4.69) is 14.7 Å². The molecule has 0 saturated heterocycles. The number of nitrogens with zero attached hydrogens (tertiary/aromatic N) is 2. The van der Waals surface area contributed by atoms with Crippen molar-refractivity contribution in [2.75, 3.05) is 11.9 Å². The van der Waals surface area contributed by atoms with Crippen LogP contribution in [0.3, 0.4) is 0 Å². The van der Waals surface area contributed by atoms with Crippen molar-refractivity contribution >= 4 is 28.5 Å². The smallest absolute Gasteiger partial charge is 0.396 e. The second kappa shape index (κ2) is 8.03. The first-order valence-corrected chi connectivity index (χ1v) is 7.76. The molecular formula is C14H13F3N4O3S. The van der Waals surface area contributed by atoms with Gasteiger partial charge in [-0.05, 0) is 12.1 Å². The van der Waals surface area contributed by atoms with Crippen molar-refractivity contribution in [1.82, 2.24) is 9.36 Å². The number of amides is 1. The van der Waals surface area contributed by atoms with Crippen LogP contribution in [0.4, 0.5) is 18.3 Å². The number of carbonyl (C=O) groups excluding carboxylic acids is 2. The number of esters is 1. The van der Waals surface area contributed by atoms with Crippen molar-refractivity contribution in [2.45, 2.75) is 19.0 Å². The number of ether oxygens (including phenoxy) is 1. The molecule has 1 aromatic carbocycles. The van der Waals surface area contributed by atoms with Gasteiger partial charge in [-0.25, -0.2) is 4.98 Å². The van der Waals surface area contributed by atoms with Crippen LogP contribution in [0.2, 0.25) is 0 Å². The molecule has 0 atom stereocenters. The summed E-state index contributed by atoms with van der Waals surface area (Å²) in [6.45, 7) is 0.0972. The molecule has 0 aliphatic rings. The first kappa shape index (κ1) is 18.8. The van der Waals surface area contributed by atoms with Gasteiger partial charge in [0, 0.05) is 18.1 Å². The van der Waals surface area contributed by atoms with Crippen LogP contribution in [0.5, 0.6) is 5.75 Å². The summed E-state index contributed by atoms with van der Waals surface area (Å²) in [6, 6.07) is 5.93. The van der Waals surface area contributed by atoms with Crippen LogP contribution in [0.1, 0.15) is 22.6 Å². The normalized spacial score (nSPS) is 11.2. The Bertz CT molecular complexity index is 764. The maximum atomic E-state index is 12.3. The Hall–Kier alpha value is -2.53. The van der Waals surface area contributed by atoms with Gasteiger partial charge in [0.05, 0.1) is 12.0 Å². The van der Waals surface area contributed by atoms with Gasteiger partial charge in [0.25, 0.3) is 5.91 Å². The van der Waals surface area contributed by atoms with E-state index >= 15 is 0 Å². The first-order chi connectivity index (χ1) is 11.8. The molecule has 0 aliphatic heterocycles. The highest BCUT2D eigenvalue weighted by molar-refractivity contribution is 7.09. The fourth-order valence-electron chi connectivity index (χ4n) is 1.76. The minimum atomic E-state index is -4.44. The van der Waals surface area contributed by atoms with Crippen molar-refractivity contribution in [3.8, 4) is 5.75 Å². The maximum Gasteiger partial charge on any atom is 0.396 e. The number of nitrogens with two attached hydrogens (primary N) is 1. The average molecular weight is 374 g/mol. The summed E-state index contributed by atoms with van der Waals surface area (Å²) in [5, 5.41) is 2.24. The van der Waals surface area contributed by atoms with E-state index in [-0.39, 0.29) is 29.4 Å². The molecule has 0 aliphatic carbocycles. The SMILES string of the molecule is NCCC(=O)Oc1ccccc1C(=O)Nc1nc(CC(F)(F)F)ns1. The summed E-state index contributed by atoms with van der Waals surface area (Å²) in [5.41, 5.74) is 5.28. The van der Waals surface area contributed by atoms with E-state index < -0.39 is 30.3 Å². The van der Waals surface area contributed by atoms with Gasteiger partial charge < -0.3 is 10.5 Å². The molecule has 0 radical (unpaired) electrons. The molecule has 0 fully saturated rings. The summed E-state index contributed by atoms with van der Waals surface area (Å²) in [7, 11) is 0. The lowest BCUT2D eigenvalue weighted by atomic mass is 10.2. The van der Waals surface area contributed by atoms with Crippen molar-refractivity contribution in [3.05, 3.63) is 35.7 Å². The van der Waals surface area contributed by atoms with Crippen LogP contribution in [-0.2, 0) is 11.2 Å². The molecule has 3 N–H and O–H groups in total. The van der Waals surface area contributed by atoms with Crippen LogP contribution in [0, 0.1) is 0 Å². The number of aromatic nitrogens is 2. The zero-order valence-corrected chi connectivity index (χ0v) is 13.5. The Morgan fingerprint density at radius 1 is 1.28 bits per heavy atom. The first-order valence-electron chi connectivity index (χ1n) is 6.99. The van der Waals surface area contributed by atoms with Crippen LogP contribution >= 0.6 is 11.5 Å². The number of halogens is 3. The van der Waals surface area contributed by atoms with E-state index in [0.717, 1.165) is 0 Å². The highest BCUT2D eigenvalue weighted by Crippen LogP contribution is 2.23. The number of benzene rings is 1. The molecule has 0 unspecified atom stereocenters. The number of hydrogen-bond donors (Lipinski definition) is 2. The van der Waals surface area contributed by atoms with Gasteiger partial charge in [-0.1, -0.05) is 12.1 Å². The number of rotatable bonds is 6. The second-order valence-electron chi connectivity index (χ2n) is 4.77. The van der Waals surface area contributed by atoms with E-state index in [0.29, 0.717) is 11.5 Å². The number of nitrogens with one attached hydrogen (secondary N) is 1. The van der Waals surface area contributed by atoms with Gasteiger partial charge in [0.15, 0.2) is 5.82 Å². The Morgan fingerprint density at radius 2 is 2.00 bits per heavy atom. The molecule has 7 nitrogen and oxygen atoms in total. The Kier molecular flexibility index (Phi) is 6.04. The minimum absolute atomic E-state index is 0.0125. The summed E-state index contributed by atoms with van der Waals surface area (Å²) < 4.78 is 45.5. The molecular weight excluding hydrogens is 361 g/mol. The molecule has 0 bridgehead atoms. The number of para-hydroxylation sites is 1. The Labute approximate surface area is 144 Å². The van der Waals surface area contributed by atoms with Crippen molar-refractivity contribution < 1.29 is 27.5 Å². The van der Waals surface area contributed by atoms with Crippen molar-refractivity contribution in [3.63, 3.8) is 0 Å². The van der Waals surface area contributed by atoms with E-state index in [9.17, 15) is 22.8 Å². The molecule has 0 saturated carbocycles. The van der Waals surface area contributed by atoms with Gasteiger partial charge in [-0.15, -0.1) is 0 Å². The molecule has 11 heteroatoms. The van der Waals surface area contributed by atoms with E-state index in [4.69, 9.17) is 10.5 Å². The van der Waals surface area contributed by atoms with E-state index in [1.54, 1.807) is 12.1 Å². The topological polar surface area (TPSA) is 107 Å². The van der Waals surface area contributed by atoms with Crippen molar-refractivity contribution in [1.29, 1.82) is 0 Å². The molecule has 1 heterocycles. The highest BCUT2D eigenvalue weighted by Gasteiger charge is 2.30. The zero-order chi connectivity index (χ0) is 18.4. The van der Waals surface area contributed by atoms with Gasteiger partial charge in [0.2, 0.25) is 5.13 Å². The number of alkyl halides is 3. The summed E-state index contributed by atoms with van der Waals surface area (Å²) in [6.07, 6.45) is -5.74. The monoisotopic (exact) mass is 374 g/mol. The third kappa shape index (κ3) is 5.80. The average Bonchev–Trinajstić information content (AvgIpc) is 2.92. The Morgan fingerprint density at radius 3 is 2.68 bits per heavy atom. The number of hydrogen-bond acceptors (Lipinski definition) is 7. The van der Waals surface area contributed by atoms with Crippen LogP contribution in [-0.4, -0.2) is 34.0 Å². The van der Waals surface area contributed by atoms with E-state index in [1.165, 1.54) is 12.1 Å². The standard InChI is InChI=1S/C14H13F3N4O3S/c15-14(16,17)7-10-19-13(25-21-10)20-12(23)8-3-1-2-4-9(8)24-11(22)5-6-18/h1-4H,5-7,18H2,(H,19,20,21,23). The summed E-state index contributed by atoms with van der Waals surface area (Å²) >= 11 is 0.624. The second-order valence-corrected chi connectivity index (χ2v) is 5.52. The third-order valence-electron chi connectivity index (χ3n) is 2.75. The molecule has 1 amide bonds. The quantitative estimate of drug-likeness (QED) is 0.593. The molecule has 2 rings (SSSR count). The lowest BCUT2D eigenvalue weighted by Gasteiger charge is -2.09. The van der Waals surface area contributed by atoms with Crippen LogP contribution in [0.15, 0.2) is 24.3 Å². The molecule has 0 spiro atoms. The van der Waals surface area contributed by atoms with E-state index in [1.807, 2.05) is 0 Å². The lowest BCUT2D eigenvalue weighted by Crippen LogP contribution is -2.18. The van der Waals surface area contributed by atoms with Gasteiger partial charge in [0.1, 0.15) is 12.2 Å². The molecule has 2 aromatic rings. The number of carbonyl (C=O) groups is 2. The van der Waals surface area contributed by atoms with Crippen LogP contribution in [0.25, 0.3) is 0 Å². The summed E-state index contributed by atoms with van der Waals surface area (Å²) in [4.78, 5) is 27.4. The Balaban J connectivity index is 2.10. The highest BCUT2D eigenvalue weighted by atomic mass is 32.1. The number of anilines is 1. The van der Waals surface area contributed by atoms with Gasteiger partial charge >= 0.3 is 12.1 Å². The summed E-state index contributed by atoms with van der Waals surface area (Å²) in [5.74, 6) is -1.72. The predicted molar refractivity (Wildman–Crippen MR) is 83.4 cm³/mol. The fourth-order valence-corrected chi connectivity index (χ4v) is 2.34. The zero-order valence-electron chi connectivity index (χ0n) is 12.7. The molecule has 134 valence electrons.